The van der Waals surface area contributed by atoms with Gasteiger partial charge < -0.3 is 9.80 Å². The van der Waals surface area contributed by atoms with Crippen LogP contribution in [-0.4, -0.2) is 42.0 Å². The van der Waals surface area contributed by atoms with Crippen LogP contribution in [0.25, 0.3) is 0 Å². The van der Waals surface area contributed by atoms with Gasteiger partial charge in [-0.05, 0) is 44.7 Å². The van der Waals surface area contributed by atoms with Crippen molar-refractivity contribution in [1.82, 2.24) is 9.88 Å². The molecule has 1 unspecified atom stereocenters. The van der Waals surface area contributed by atoms with Crippen molar-refractivity contribution in [3.05, 3.63) is 23.4 Å². The standard InChI is InChI=1S/C17H22N4O/c1-13-5-6-14(11-18)16(19-13)21-10-7-15(12-21)17(22)20-8-3-2-4-9-20/h5-6,15H,2-4,7-10,12H2,1H3. The topological polar surface area (TPSA) is 60.2 Å². The summed E-state index contributed by atoms with van der Waals surface area (Å²) < 4.78 is 0. The summed E-state index contributed by atoms with van der Waals surface area (Å²) in [6.45, 7) is 5.22. The molecular weight excluding hydrogens is 276 g/mol. The summed E-state index contributed by atoms with van der Waals surface area (Å²) in [6, 6.07) is 5.88. The van der Waals surface area contributed by atoms with Crippen LogP contribution in [0.4, 0.5) is 5.82 Å². The van der Waals surface area contributed by atoms with E-state index in [0.717, 1.165) is 50.4 Å². The molecule has 5 nitrogen and oxygen atoms in total. The van der Waals surface area contributed by atoms with Crippen LogP contribution in [0.5, 0.6) is 0 Å². The van der Waals surface area contributed by atoms with E-state index in [1.807, 2.05) is 24.0 Å². The Morgan fingerprint density at radius 1 is 1.27 bits per heavy atom. The highest BCUT2D eigenvalue weighted by atomic mass is 16.2. The van der Waals surface area contributed by atoms with Gasteiger partial charge in [0.15, 0.2) is 0 Å². The van der Waals surface area contributed by atoms with Crippen molar-refractivity contribution in [1.29, 1.82) is 5.26 Å². The van der Waals surface area contributed by atoms with Gasteiger partial charge in [0.05, 0.1) is 11.5 Å². The first-order valence-electron chi connectivity index (χ1n) is 8.10. The van der Waals surface area contributed by atoms with Gasteiger partial charge in [0.2, 0.25) is 5.91 Å². The number of rotatable bonds is 2. The summed E-state index contributed by atoms with van der Waals surface area (Å²) in [5.74, 6) is 1.07. The average molecular weight is 298 g/mol. The van der Waals surface area contributed by atoms with E-state index in [-0.39, 0.29) is 11.8 Å². The molecule has 2 aliphatic rings. The lowest BCUT2D eigenvalue weighted by atomic mass is 10.0. The molecule has 1 aromatic rings. The second-order valence-electron chi connectivity index (χ2n) is 6.25. The summed E-state index contributed by atoms with van der Waals surface area (Å²) in [5, 5.41) is 9.26. The second kappa shape index (κ2) is 6.35. The number of piperidine rings is 1. The molecule has 0 radical (unpaired) electrons. The fraction of sp³-hybridized carbons (Fsp3) is 0.588. The normalized spacial score (nSPS) is 21.7. The number of anilines is 1. The lowest BCUT2D eigenvalue weighted by Gasteiger charge is -2.29. The fourth-order valence-corrected chi connectivity index (χ4v) is 3.40. The Bertz CT molecular complexity index is 601. The highest BCUT2D eigenvalue weighted by Gasteiger charge is 2.33. The first-order valence-corrected chi connectivity index (χ1v) is 8.10. The van der Waals surface area contributed by atoms with Gasteiger partial charge in [-0.1, -0.05) is 0 Å². The molecule has 1 atom stereocenters. The highest BCUT2D eigenvalue weighted by molar-refractivity contribution is 5.80. The number of likely N-dealkylation sites (tertiary alicyclic amines) is 1. The third-order valence-electron chi connectivity index (χ3n) is 4.64. The predicted molar refractivity (Wildman–Crippen MR) is 84.4 cm³/mol. The minimum Gasteiger partial charge on any atom is -0.355 e. The summed E-state index contributed by atoms with van der Waals surface area (Å²) in [5.41, 5.74) is 1.50. The van der Waals surface area contributed by atoms with Crippen molar-refractivity contribution in [3.63, 3.8) is 0 Å². The van der Waals surface area contributed by atoms with E-state index < -0.39 is 0 Å². The fourth-order valence-electron chi connectivity index (χ4n) is 3.40. The summed E-state index contributed by atoms with van der Waals surface area (Å²) in [7, 11) is 0. The summed E-state index contributed by atoms with van der Waals surface area (Å²) >= 11 is 0. The Kier molecular flexibility index (Phi) is 4.28. The molecule has 1 amide bonds. The Hall–Kier alpha value is -2.09. The third-order valence-corrected chi connectivity index (χ3v) is 4.64. The van der Waals surface area contributed by atoms with Gasteiger partial charge in [-0.25, -0.2) is 4.98 Å². The van der Waals surface area contributed by atoms with Crippen LogP contribution in [0.15, 0.2) is 12.1 Å². The molecule has 0 bridgehead atoms. The SMILES string of the molecule is Cc1ccc(C#N)c(N2CCC(C(=O)N3CCCCC3)C2)n1. The number of hydrogen-bond acceptors (Lipinski definition) is 4. The van der Waals surface area contributed by atoms with E-state index in [4.69, 9.17) is 0 Å². The number of carbonyl (C=O) groups is 1. The number of pyridine rings is 1. The first kappa shape index (κ1) is 14.8. The van der Waals surface area contributed by atoms with E-state index in [1.165, 1.54) is 6.42 Å². The van der Waals surface area contributed by atoms with Crippen LogP contribution in [0, 0.1) is 24.2 Å². The highest BCUT2D eigenvalue weighted by Crippen LogP contribution is 2.27. The zero-order valence-electron chi connectivity index (χ0n) is 13.1. The van der Waals surface area contributed by atoms with Crippen molar-refractivity contribution in [2.45, 2.75) is 32.6 Å². The number of nitrogens with zero attached hydrogens (tertiary/aromatic N) is 4. The Labute approximate surface area is 131 Å². The minimum absolute atomic E-state index is 0.0481. The van der Waals surface area contributed by atoms with E-state index in [2.05, 4.69) is 16.0 Å². The molecule has 2 fully saturated rings. The number of nitriles is 1. The van der Waals surface area contributed by atoms with Crippen LogP contribution >= 0.6 is 0 Å². The van der Waals surface area contributed by atoms with Gasteiger partial charge >= 0.3 is 0 Å². The van der Waals surface area contributed by atoms with Gasteiger partial charge in [-0.2, -0.15) is 5.26 Å². The zero-order valence-corrected chi connectivity index (χ0v) is 13.1. The predicted octanol–water partition coefficient (Wildman–Crippen LogP) is 2.10. The van der Waals surface area contributed by atoms with Crippen LogP contribution in [0.1, 0.15) is 36.9 Å². The quantitative estimate of drug-likeness (QED) is 0.839. The van der Waals surface area contributed by atoms with Gasteiger partial charge in [0.1, 0.15) is 11.9 Å². The maximum absolute atomic E-state index is 12.6. The van der Waals surface area contributed by atoms with Crippen LogP contribution in [0.2, 0.25) is 0 Å². The number of carbonyl (C=O) groups excluding carboxylic acids is 1. The lowest BCUT2D eigenvalue weighted by Crippen LogP contribution is -2.40. The van der Waals surface area contributed by atoms with Crippen LogP contribution < -0.4 is 4.90 Å². The smallest absolute Gasteiger partial charge is 0.227 e. The van der Waals surface area contributed by atoms with Gasteiger partial charge in [-0.3, -0.25) is 4.79 Å². The molecular formula is C17H22N4O. The average Bonchev–Trinajstić information content (AvgIpc) is 3.04. The van der Waals surface area contributed by atoms with Crippen LogP contribution in [0.3, 0.4) is 0 Å². The maximum Gasteiger partial charge on any atom is 0.227 e. The Balaban J connectivity index is 1.71. The molecule has 0 aromatic carbocycles. The molecule has 3 heterocycles. The molecule has 1 aromatic heterocycles. The maximum atomic E-state index is 12.6. The molecule has 3 rings (SSSR count). The summed E-state index contributed by atoms with van der Waals surface area (Å²) in [6.07, 6.45) is 4.34. The molecule has 0 N–H and O–H groups in total. The molecule has 5 heteroatoms. The van der Waals surface area contributed by atoms with Crippen LogP contribution in [-0.2, 0) is 4.79 Å². The van der Waals surface area contributed by atoms with E-state index >= 15 is 0 Å². The van der Waals surface area contributed by atoms with E-state index in [1.54, 1.807) is 0 Å². The Morgan fingerprint density at radius 3 is 2.77 bits per heavy atom. The molecule has 0 aliphatic carbocycles. The Morgan fingerprint density at radius 2 is 2.05 bits per heavy atom. The number of amides is 1. The molecule has 2 saturated heterocycles. The number of hydrogen-bond donors (Lipinski definition) is 0. The van der Waals surface area contributed by atoms with Crippen molar-refractivity contribution in [2.75, 3.05) is 31.1 Å². The van der Waals surface area contributed by atoms with Crippen molar-refractivity contribution in [2.24, 2.45) is 5.92 Å². The molecule has 116 valence electrons. The zero-order chi connectivity index (χ0) is 15.5. The monoisotopic (exact) mass is 298 g/mol. The largest absolute Gasteiger partial charge is 0.355 e. The number of aromatic nitrogens is 1. The van der Waals surface area contributed by atoms with Gasteiger partial charge in [0.25, 0.3) is 0 Å². The molecule has 2 aliphatic heterocycles. The number of aryl methyl sites for hydroxylation is 1. The summed E-state index contributed by atoms with van der Waals surface area (Å²) in [4.78, 5) is 21.2. The van der Waals surface area contributed by atoms with Crippen molar-refractivity contribution >= 4 is 11.7 Å². The van der Waals surface area contributed by atoms with Gasteiger partial charge in [-0.15, -0.1) is 0 Å². The van der Waals surface area contributed by atoms with Crippen molar-refractivity contribution in [3.8, 4) is 6.07 Å². The lowest BCUT2D eigenvalue weighted by molar-refractivity contribution is -0.135. The van der Waals surface area contributed by atoms with Crippen molar-refractivity contribution < 1.29 is 4.79 Å². The first-order chi connectivity index (χ1) is 10.7. The molecule has 0 spiro atoms. The van der Waals surface area contributed by atoms with Gasteiger partial charge in [0, 0.05) is 31.9 Å². The van der Waals surface area contributed by atoms with E-state index in [0.29, 0.717) is 12.1 Å². The second-order valence-corrected chi connectivity index (χ2v) is 6.25. The minimum atomic E-state index is 0.0481. The molecule has 0 saturated carbocycles. The van der Waals surface area contributed by atoms with E-state index in [9.17, 15) is 10.1 Å². The third kappa shape index (κ3) is 2.92. The molecule has 22 heavy (non-hydrogen) atoms.